The summed E-state index contributed by atoms with van der Waals surface area (Å²) in [6.07, 6.45) is 1.59. The highest BCUT2D eigenvalue weighted by Crippen LogP contribution is 2.24. The molecule has 1 fully saturated rings. The molecule has 0 spiro atoms. The minimum absolute atomic E-state index is 0.0000974. The van der Waals surface area contributed by atoms with Crippen LogP contribution in [-0.4, -0.2) is 51.8 Å². The summed E-state index contributed by atoms with van der Waals surface area (Å²) in [5, 5.41) is 5.54. The second-order valence-electron chi connectivity index (χ2n) is 8.19. The van der Waals surface area contributed by atoms with Crippen LogP contribution < -0.4 is 0 Å². The van der Waals surface area contributed by atoms with Crippen molar-refractivity contribution in [1.29, 1.82) is 0 Å². The fourth-order valence-electron chi connectivity index (χ4n) is 4.15. The van der Waals surface area contributed by atoms with E-state index < -0.39 is 9.84 Å². The lowest BCUT2D eigenvalue weighted by atomic mass is 10.2. The molecule has 1 unspecified atom stereocenters. The first kappa shape index (κ1) is 23.2. The largest absolute Gasteiger partial charge is 0.295 e. The van der Waals surface area contributed by atoms with Gasteiger partial charge in [-0.3, -0.25) is 9.47 Å². The van der Waals surface area contributed by atoms with Gasteiger partial charge in [0.1, 0.15) is 0 Å². The lowest BCUT2D eigenvalue weighted by Crippen LogP contribution is -2.38. The molecule has 1 atom stereocenters. The Hall–Kier alpha value is -2.00. The Morgan fingerprint density at radius 3 is 2.50 bits per heavy atom. The third-order valence-electron chi connectivity index (χ3n) is 5.76. The van der Waals surface area contributed by atoms with Gasteiger partial charge in [-0.25, -0.2) is 13.1 Å². The quantitative estimate of drug-likeness (QED) is 0.430. The van der Waals surface area contributed by atoms with Crippen LogP contribution in [0, 0.1) is 4.77 Å². The molecule has 0 saturated carbocycles. The van der Waals surface area contributed by atoms with Crippen LogP contribution in [0.1, 0.15) is 25.3 Å². The predicted octanol–water partition coefficient (Wildman–Crippen LogP) is 4.64. The zero-order valence-corrected chi connectivity index (χ0v) is 20.4. The number of sulfone groups is 1. The molecule has 2 aromatic carbocycles. The molecule has 0 amide bonds. The summed E-state index contributed by atoms with van der Waals surface area (Å²) in [5.41, 5.74) is 2.06. The Bertz CT molecular complexity index is 1220. The number of rotatable bonds is 8. The van der Waals surface area contributed by atoms with Crippen molar-refractivity contribution < 1.29 is 8.42 Å². The number of hydrogen-bond acceptors (Lipinski definition) is 5. The normalized spacial score (nSPS) is 17.8. The second-order valence-corrected chi connectivity index (χ2v) is 11.2. The minimum Gasteiger partial charge on any atom is -0.295 e. The Morgan fingerprint density at radius 1 is 1.16 bits per heavy atom. The van der Waals surface area contributed by atoms with Gasteiger partial charge in [0.05, 0.1) is 24.7 Å². The van der Waals surface area contributed by atoms with Crippen LogP contribution in [0.25, 0.3) is 11.4 Å². The van der Waals surface area contributed by atoms with E-state index >= 15 is 0 Å². The van der Waals surface area contributed by atoms with Gasteiger partial charge in [0.25, 0.3) is 0 Å². The Morgan fingerprint density at radius 2 is 1.88 bits per heavy atom. The summed E-state index contributed by atoms with van der Waals surface area (Å²) >= 11 is 11.9. The lowest BCUT2D eigenvalue weighted by molar-refractivity contribution is 0.155. The van der Waals surface area contributed by atoms with Crippen LogP contribution in [0.5, 0.6) is 0 Å². The fraction of sp³-hybridized carbons (Fsp3) is 0.391. The van der Waals surface area contributed by atoms with Crippen molar-refractivity contribution in [3.8, 4) is 11.4 Å². The van der Waals surface area contributed by atoms with E-state index in [1.165, 1.54) is 0 Å². The fourth-order valence-corrected chi connectivity index (χ4v) is 6.28. The van der Waals surface area contributed by atoms with Crippen molar-refractivity contribution in [3.63, 3.8) is 0 Å². The minimum atomic E-state index is -2.97. The molecule has 1 saturated heterocycles. The maximum atomic E-state index is 12.1. The van der Waals surface area contributed by atoms with E-state index in [-0.39, 0.29) is 17.5 Å². The van der Waals surface area contributed by atoms with Crippen LogP contribution in [0.4, 0.5) is 0 Å². The molecule has 4 rings (SSSR count). The van der Waals surface area contributed by atoms with E-state index in [9.17, 15) is 8.42 Å². The molecule has 0 radical (unpaired) electrons. The Labute approximate surface area is 199 Å². The molecular formula is C23H27ClN4O2S2. The Balaban J connectivity index is 1.71. The molecule has 1 aliphatic heterocycles. The third kappa shape index (κ3) is 5.31. The van der Waals surface area contributed by atoms with E-state index in [1.807, 2.05) is 51.7 Å². The number of aromatic nitrogens is 3. The zero-order chi connectivity index (χ0) is 22.7. The summed E-state index contributed by atoms with van der Waals surface area (Å²) in [6, 6.07) is 17.7. The van der Waals surface area contributed by atoms with Crippen molar-refractivity contribution >= 4 is 33.7 Å². The van der Waals surface area contributed by atoms with Gasteiger partial charge >= 0.3 is 0 Å². The average molecular weight is 491 g/mol. The van der Waals surface area contributed by atoms with Gasteiger partial charge in [-0.05, 0) is 61.4 Å². The summed E-state index contributed by atoms with van der Waals surface area (Å²) in [6.45, 7) is 3.96. The molecule has 0 aliphatic carbocycles. The summed E-state index contributed by atoms with van der Waals surface area (Å²) in [4.78, 5) is 2.20. The molecule has 32 heavy (non-hydrogen) atoms. The van der Waals surface area contributed by atoms with Crippen molar-refractivity contribution in [2.45, 2.75) is 39.0 Å². The van der Waals surface area contributed by atoms with Gasteiger partial charge in [-0.1, -0.05) is 48.9 Å². The molecule has 2 heterocycles. The summed E-state index contributed by atoms with van der Waals surface area (Å²) in [7, 11) is -2.97. The van der Waals surface area contributed by atoms with Crippen LogP contribution in [0.15, 0.2) is 54.6 Å². The number of halogens is 1. The molecule has 0 bridgehead atoms. The first-order chi connectivity index (χ1) is 15.4. The van der Waals surface area contributed by atoms with Crippen LogP contribution in [-0.2, 0) is 23.1 Å². The standard InChI is InChI=1S/C23H27ClN4O2S2/c1-2-13-26(21-12-14-32(29,30)16-21)17-28-23(31)27(15-18-6-4-3-5-7-18)22(25-28)19-8-10-20(24)11-9-19/h3-11,21H,2,12-17H2,1H3. The van der Waals surface area contributed by atoms with Gasteiger partial charge in [0.15, 0.2) is 20.4 Å². The highest BCUT2D eigenvalue weighted by molar-refractivity contribution is 7.91. The van der Waals surface area contributed by atoms with Gasteiger partial charge < -0.3 is 0 Å². The molecule has 1 aliphatic rings. The summed E-state index contributed by atoms with van der Waals surface area (Å²) in [5.74, 6) is 1.22. The Kier molecular flexibility index (Phi) is 7.14. The second kappa shape index (κ2) is 9.87. The average Bonchev–Trinajstić information content (AvgIpc) is 3.29. The smallest absolute Gasteiger partial charge is 0.199 e. The summed E-state index contributed by atoms with van der Waals surface area (Å²) < 4.78 is 28.6. The molecule has 170 valence electrons. The van der Waals surface area contributed by atoms with Crippen molar-refractivity contribution in [2.24, 2.45) is 0 Å². The van der Waals surface area contributed by atoms with E-state index in [0.717, 1.165) is 29.9 Å². The van der Waals surface area contributed by atoms with Crippen molar-refractivity contribution in [2.75, 3.05) is 18.1 Å². The monoisotopic (exact) mass is 490 g/mol. The van der Waals surface area contributed by atoms with Gasteiger partial charge in [0, 0.05) is 16.6 Å². The highest BCUT2D eigenvalue weighted by atomic mass is 35.5. The van der Waals surface area contributed by atoms with Crippen molar-refractivity contribution in [3.05, 3.63) is 70.0 Å². The zero-order valence-electron chi connectivity index (χ0n) is 18.0. The maximum Gasteiger partial charge on any atom is 0.199 e. The number of hydrogen-bond donors (Lipinski definition) is 0. The molecule has 1 aromatic heterocycles. The molecule has 9 heteroatoms. The molecule has 0 N–H and O–H groups in total. The molecule has 3 aromatic rings. The number of benzene rings is 2. The topological polar surface area (TPSA) is 60.1 Å². The lowest BCUT2D eigenvalue weighted by Gasteiger charge is -2.27. The van der Waals surface area contributed by atoms with Crippen LogP contribution in [0.2, 0.25) is 5.02 Å². The first-order valence-electron chi connectivity index (χ1n) is 10.8. The third-order valence-corrected chi connectivity index (χ3v) is 8.19. The van der Waals surface area contributed by atoms with E-state index in [0.29, 0.717) is 29.4 Å². The van der Waals surface area contributed by atoms with Crippen LogP contribution >= 0.6 is 23.8 Å². The number of nitrogens with zero attached hydrogens (tertiary/aromatic N) is 4. The van der Waals surface area contributed by atoms with Gasteiger partial charge in [0.2, 0.25) is 0 Å². The molecular weight excluding hydrogens is 464 g/mol. The highest BCUT2D eigenvalue weighted by Gasteiger charge is 2.32. The van der Waals surface area contributed by atoms with E-state index in [1.54, 1.807) is 0 Å². The van der Waals surface area contributed by atoms with E-state index in [2.05, 4.69) is 24.0 Å². The maximum absolute atomic E-state index is 12.1. The molecule has 6 nitrogen and oxygen atoms in total. The van der Waals surface area contributed by atoms with Crippen molar-refractivity contribution in [1.82, 2.24) is 19.2 Å². The van der Waals surface area contributed by atoms with Gasteiger partial charge in [-0.15, -0.1) is 0 Å². The van der Waals surface area contributed by atoms with Gasteiger partial charge in [-0.2, -0.15) is 5.10 Å². The SMILES string of the molecule is CCCN(Cn1nc(-c2ccc(Cl)cc2)n(Cc2ccccc2)c1=S)C1CCS(=O)(=O)C1. The first-order valence-corrected chi connectivity index (χ1v) is 13.4. The van der Waals surface area contributed by atoms with E-state index in [4.69, 9.17) is 28.9 Å². The van der Waals surface area contributed by atoms with Crippen LogP contribution in [0.3, 0.4) is 0 Å². The predicted molar refractivity (Wildman–Crippen MR) is 131 cm³/mol.